The Morgan fingerprint density at radius 1 is 1.03 bits per heavy atom. The summed E-state index contributed by atoms with van der Waals surface area (Å²) in [5, 5.41) is 9.48. The van der Waals surface area contributed by atoms with Crippen LogP contribution >= 0.6 is 0 Å². The molecule has 1 aliphatic rings. The molecule has 0 aliphatic heterocycles. The highest BCUT2D eigenvalue weighted by Gasteiger charge is 2.23. The molecule has 3 aromatic rings. The summed E-state index contributed by atoms with van der Waals surface area (Å²) in [6.07, 6.45) is 4.58. The predicted molar refractivity (Wildman–Crippen MR) is 108 cm³/mol. The molecule has 2 N–H and O–H groups in total. The second-order valence-corrected chi connectivity index (χ2v) is 7.12. The Labute approximate surface area is 168 Å². The zero-order valence-electron chi connectivity index (χ0n) is 15.9. The first-order chi connectivity index (χ1) is 14.2. The Morgan fingerprint density at radius 2 is 1.83 bits per heavy atom. The SMILES string of the molecule is O=C(CNC(=O)c1ccccc1)Nc1cccc(-c2noc(C3CCCC3)n2)c1. The molecule has 1 heterocycles. The van der Waals surface area contributed by atoms with E-state index in [1.54, 1.807) is 36.4 Å². The van der Waals surface area contributed by atoms with Crippen LogP contribution in [0.25, 0.3) is 11.4 Å². The third kappa shape index (κ3) is 4.68. The Balaban J connectivity index is 1.36. The highest BCUT2D eigenvalue weighted by molar-refractivity contribution is 5.99. The van der Waals surface area contributed by atoms with E-state index in [-0.39, 0.29) is 18.4 Å². The number of aromatic nitrogens is 2. The number of amides is 2. The first-order valence-corrected chi connectivity index (χ1v) is 9.76. The number of carbonyl (C=O) groups is 2. The van der Waals surface area contributed by atoms with E-state index in [4.69, 9.17) is 4.52 Å². The number of benzene rings is 2. The maximum Gasteiger partial charge on any atom is 0.251 e. The van der Waals surface area contributed by atoms with Gasteiger partial charge in [-0.2, -0.15) is 4.98 Å². The van der Waals surface area contributed by atoms with E-state index < -0.39 is 0 Å². The van der Waals surface area contributed by atoms with Crippen molar-refractivity contribution >= 4 is 17.5 Å². The van der Waals surface area contributed by atoms with E-state index in [0.29, 0.717) is 28.9 Å². The monoisotopic (exact) mass is 390 g/mol. The number of hydrogen-bond donors (Lipinski definition) is 2. The van der Waals surface area contributed by atoms with Crippen LogP contribution in [0.3, 0.4) is 0 Å². The molecular formula is C22H22N4O3. The summed E-state index contributed by atoms with van der Waals surface area (Å²) in [5.41, 5.74) is 1.88. The van der Waals surface area contributed by atoms with Crippen LogP contribution in [-0.4, -0.2) is 28.5 Å². The lowest BCUT2D eigenvalue weighted by Crippen LogP contribution is -2.32. The van der Waals surface area contributed by atoms with Crippen molar-refractivity contribution in [2.75, 3.05) is 11.9 Å². The van der Waals surface area contributed by atoms with Crippen molar-refractivity contribution in [1.29, 1.82) is 0 Å². The van der Waals surface area contributed by atoms with Gasteiger partial charge in [0.05, 0.1) is 6.54 Å². The summed E-state index contributed by atoms with van der Waals surface area (Å²) in [4.78, 5) is 28.8. The Hall–Kier alpha value is -3.48. The van der Waals surface area contributed by atoms with Gasteiger partial charge in [-0.15, -0.1) is 0 Å². The minimum Gasteiger partial charge on any atom is -0.343 e. The van der Waals surface area contributed by atoms with Gasteiger partial charge >= 0.3 is 0 Å². The Kier molecular flexibility index (Phi) is 5.65. The lowest BCUT2D eigenvalue weighted by Gasteiger charge is -2.08. The van der Waals surface area contributed by atoms with Crippen molar-refractivity contribution in [1.82, 2.24) is 15.5 Å². The number of nitrogens with zero attached hydrogens (tertiary/aromatic N) is 2. The number of hydrogen-bond acceptors (Lipinski definition) is 5. The number of nitrogens with one attached hydrogen (secondary N) is 2. The highest BCUT2D eigenvalue weighted by Crippen LogP contribution is 2.34. The second kappa shape index (κ2) is 8.68. The largest absolute Gasteiger partial charge is 0.343 e. The maximum atomic E-state index is 12.2. The fourth-order valence-electron chi connectivity index (χ4n) is 3.48. The molecule has 4 rings (SSSR count). The van der Waals surface area contributed by atoms with Gasteiger partial charge in [0.25, 0.3) is 5.91 Å². The zero-order chi connectivity index (χ0) is 20.1. The van der Waals surface area contributed by atoms with Gasteiger partial charge in [-0.05, 0) is 37.1 Å². The number of rotatable bonds is 6. The Morgan fingerprint density at radius 3 is 2.62 bits per heavy atom. The molecule has 29 heavy (non-hydrogen) atoms. The van der Waals surface area contributed by atoms with Crippen LogP contribution in [-0.2, 0) is 4.79 Å². The van der Waals surface area contributed by atoms with Crippen molar-refractivity contribution in [2.24, 2.45) is 0 Å². The summed E-state index contributed by atoms with van der Waals surface area (Å²) in [5.74, 6) is 0.954. The van der Waals surface area contributed by atoms with Crippen molar-refractivity contribution in [2.45, 2.75) is 31.6 Å². The smallest absolute Gasteiger partial charge is 0.251 e. The molecule has 7 heteroatoms. The summed E-state index contributed by atoms with van der Waals surface area (Å²) in [6, 6.07) is 16.0. The normalized spacial score (nSPS) is 13.9. The molecule has 0 atom stereocenters. The minimum absolute atomic E-state index is 0.119. The molecule has 0 unspecified atom stereocenters. The molecule has 1 saturated carbocycles. The van der Waals surface area contributed by atoms with Crippen LogP contribution in [0, 0.1) is 0 Å². The topological polar surface area (TPSA) is 97.1 Å². The standard InChI is InChI=1S/C22H22N4O3/c27-19(14-23-21(28)15-7-2-1-3-8-15)24-18-12-6-11-17(13-18)20-25-22(29-26-20)16-9-4-5-10-16/h1-3,6-8,11-13,16H,4-5,9-10,14H2,(H,23,28)(H,24,27). The van der Waals surface area contributed by atoms with Crippen LogP contribution < -0.4 is 10.6 Å². The summed E-state index contributed by atoms with van der Waals surface area (Å²) < 4.78 is 5.43. The molecular weight excluding hydrogens is 368 g/mol. The molecule has 0 radical (unpaired) electrons. The lowest BCUT2D eigenvalue weighted by molar-refractivity contribution is -0.115. The average molecular weight is 390 g/mol. The van der Waals surface area contributed by atoms with Crippen molar-refractivity contribution in [3.63, 3.8) is 0 Å². The zero-order valence-corrected chi connectivity index (χ0v) is 15.9. The fraction of sp³-hybridized carbons (Fsp3) is 0.273. The van der Waals surface area contributed by atoms with Gasteiger partial charge in [0.1, 0.15) is 0 Å². The number of carbonyl (C=O) groups excluding carboxylic acids is 2. The van der Waals surface area contributed by atoms with E-state index >= 15 is 0 Å². The van der Waals surface area contributed by atoms with E-state index in [1.807, 2.05) is 18.2 Å². The minimum atomic E-state index is -0.314. The summed E-state index contributed by atoms with van der Waals surface area (Å²) in [6.45, 7) is -0.119. The average Bonchev–Trinajstić information content (AvgIpc) is 3.44. The highest BCUT2D eigenvalue weighted by atomic mass is 16.5. The van der Waals surface area contributed by atoms with Crippen LogP contribution in [0.4, 0.5) is 5.69 Å². The predicted octanol–water partition coefficient (Wildman–Crippen LogP) is 3.76. The van der Waals surface area contributed by atoms with Crippen LogP contribution in [0.2, 0.25) is 0 Å². The molecule has 1 aromatic heterocycles. The molecule has 1 fully saturated rings. The van der Waals surface area contributed by atoms with E-state index in [1.165, 1.54) is 12.8 Å². The second-order valence-electron chi connectivity index (χ2n) is 7.12. The van der Waals surface area contributed by atoms with Crippen molar-refractivity contribution in [3.05, 3.63) is 66.1 Å². The Bertz CT molecular complexity index is 994. The van der Waals surface area contributed by atoms with Gasteiger partial charge in [-0.25, -0.2) is 0 Å². The first kappa shape index (κ1) is 18.9. The lowest BCUT2D eigenvalue weighted by atomic mass is 10.1. The molecule has 0 bridgehead atoms. The van der Waals surface area contributed by atoms with E-state index in [0.717, 1.165) is 18.4 Å². The van der Waals surface area contributed by atoms with Gasteiger partial charge in [0.15, 0.2) is 0 Å². The van der Waals surface area contributed by atoms with Gasteiger partial charge in [0.2, 0.25) is 17.6 Å². The quantitative estimate of drug-likeness (QED) is 0.668. The van der Waals surface area contributed by atoms with Crippen LogP contribution in [0.1, 0.15) is 47.8 Å². The summed E-state index contributed by atoms with van der Waals surface area (Å²) >= 11 is 0. The van der Waals surface area contributed by atoms with E-state index in [2.05, 4.69) is 20.8 Å². The number of anilines is 1. The summed E-state index contributed by atoms with van der Waals surface area (Å²) in [7, 11) is 0. The van der Waals surface area contributed by atoms with Gasteiger partial charge in [-0.3, -0.25) is 9.59 Å². The molecule has 2 amide bonds. The van der Waals surface area contributed by atoms with E-state index in [9.17, 15) is 9.59 Å². The third-order valence-corrected chi connectivity index (χ3v) is 5.00. The van der Waals surface area contributed by atoms with Gasteiger partial charge in [0, 0.05) is 22.7 Å². The fourth-order valence-corrected chi connectivity index (χ4v) is 3.48. The van der Waals surface area contributed by atoms with Gasteiger partial charge < -0.3 is 15.2 Å². The van der Waals surface area contributed by atoms with Crippen molar-refractivity contribution in [3.8, 4) is 11.4 Å². The van der Waals surface area contributed by atoms with Crippen LogP contribution in [0.5, 0.6) is 0 Å². The van der Waals surface area contributed by atoms with Crippen LogP contribution in [0.15, 0.2) is 59.1 Å². The molecule has 0 spiro atoms. The third-order valence-electron chi connectivity index (χ3n) is 5.00. The molecule has 7 nitrogen and oxygen atoms in total. The molecule has 0 saturated heterocycles. The first-order valence-electron chi connectivity index (χ1n) is 9.76. The van der Waals surface area contributed by atoms with Gasteiger partial charge in [-0.1, -0.05) is 48.3 Å². The molecule has 1 aliphatic carbocycles. The molecule has 2 aromatic carbocycles. The maximum absolute atomic E-state index is 12.2. The van der Waals surface area contributed by atoms with Crippen molar-refractivity contribution < 1.29 is 14.1 Å². The molecule has 148 valence electrons.